The number of hydrogen-bond donors (Lipinski definition) is 2. The predicted octanol–water partition coefficient (Wildman–Crippen LogP) is 0.156. The van der Waals surface area contributed by atoms with Crippen LogP contribution in [0.25, 0.3) is 0 Å². The van der Waals surface area contributed by atoms with Crippen molar-refractivity contribution in [3.63, 3.8) is 0 Å². The lowest BCUT2D eigenvalue weighted by Crippen LogP contribution is -2.24. The van der Waals surface area contributed by atoms with Crippen molar-refractivity contribution in [3.8, 4) is 0 Å². The zero-order valence-electron chi connectivity index (χ0n) is 7.98. The molecule has 0 fully saturated rings. The van der Waals surface area contributed by atoms with Crippen LogP contribution in [0.5, 0.6) is 0 Å². The van der Waals surface area contributed by atoms with Crippen molar-refractivity contribution in [3.05, 3.63) is 35.8 Å². The third-order valence-corrected chi connectivity index (χ3v) is 1.61. The zero-order valence-corrected chi connectivity index (χ0v) is 7.98. The zero-order chi connectivity index (χ0) is 11.4. The van der Waals surface area contributed by atoms with Gasteiger partial charge in [0, 0.05) is 6.08 Å². The molecule has 0 atom stereocenters. The lowest BCUT2D eigenvalue weighted by atomic mass is 10.3. The van der Waals surface area contributed by atoms with Crippen LogP contribution in [-0.2, 0) is 14.4 Å². The quantitative estimate of drug-likeness (QED) is 0.645. The molecule has 0 saturated heterocycles. The second kappa shape index (κ2) is 4.36. The maximum absolute atomic E-state index is 11.1. The topological polar surface area (TPSA) is 83.5 Å². The predicted molar refractivity (Wildman–Crippen MR) is 51.8 cm³/mol. The van der Waals surface area contributed by atoms with E-state index in [1.165, 1.54) is 13.0 Å². The van der Waals surface area contributed by atoms with E-state index in [4.69, 9.17) is 5.11 Å². The van der Waals surface area contributed by atoms with Gasteiger partial charge in [-0.2, -0.15) is 0 Å². The van der Waals surface area contributed by atoms with Crippen molar-refractivity contribution >= 4 is 17.5 Å². The molecule has 5 nitrogen and oxygen atoms in total. The average Bonchev–Trinajstić information content (AvgIpc) is 2.46. The summed E-state index contributed by atoms with van der Waals surface area (Å²) in [5.41, 5.74) is -0.173. The second-order valence-electron chi connectivity index (χ2n) is 2.89. The monoisotopic (exact) mass is 207 g/mol. The normalized spacial score (nSPS) is 15.1. The Bertz CT molecular complexity index is 415. The highest BCUT2D eigenvalue weighted by atomic mass is 16.3. The standard InChI is InChI=1S/C10H9NO4/c1-6(12)2-5-9(15)11-10-7(13)3-4-8(10)14/h2-5H,1H3,(H2,11,13,14,15)/b5-2+. The number of ketones is 2. The van der Waals surface area contributed by atoms with E-state index in [0.717, 1.165) is 18.2 Å². The van der Waals surface area contributed by atoms with E-state index < -0.39 is 11.7 Å². The summed E-state index contributed by atoms with van der Waals surface area (Å²) in [5, 5.41) is 11.3. The van der Waals surface area contributed by atoms with E-state index in [1.54, 1.807) is 0 Å². The summed E-state index contributed by atoms with van der Waals surface area (Å²) in [5.74, 6) is -1.68. The number of amides is 1. The van der Waals surface area contributed by atoms with Crippen LogP contribution in [0.2, 0.25) is 0 Å². The number of rotatable bonds is 3. The van der Waals surface area contributed by atoms with Crippen molar-refractivity contribution in [1.82, 2.24) is 5.32 Å². The summed E-state index contributed by atoms with van der Waals surface area (Å²) in [7, 11) is 0. The van der Waals surface area contributed by atoms with E-state index in [-0.39, 0.29) is 17.2 Å². The first-order valence-corrected chi connectivity index (χ1v) is 4.16. The molecule has 0 unspecified atom stereocenters. The van der Waals surface area contributed by atoms with Gasteiger partial charge in [0.1, 0.15) is 11.5 Å². The number of nitrogens with one attached hydrogen (secondary N) is 1. The Morgan fingerprint density at radius 1 is 1.33 bits per heavy atom. The Balaban J connectivity index is 2.64. The number of carbonyl (C=O) groups excluding carboxylic acids is 3. The van der Waals surface area contributed by atoms with Crippen molar-refractivity contribution in [2.75, 3.05) is 0 Å². The van der Waals surface area contributed by atoms with Crippen LogP contribution in [0.3, 0.4) is 0 Å². The van der Waals surface area contributed by atoms with Crippen LogP contribution in [0.15, 0.2) is 35.8 Å². The maximum atomic E-state index is 11.1. The Labute approximate surface area is 85.8 Å². The minimum absolute atomic E-state index is 0.173. The van der Waals surface area contributed by atoms with Crippen molar-refractivity contribution in [1.29, 1.82) is 0 Å². The first kappa shape index (κ1) is 10.9. The molecule has 5 heteroatoms. The Hall–Kier alpha value is -2.17. The number of carbonyl (C=O) groups is 3. The van der Waals surface area contributed by atoms with Gasteiger partial charge in [-0.15, -0.1) is 0 Å². The third-order valence-electron chi connectivity index (χ3n) is 1.61. The van der Waals surface area contributed by atoms with Gasteiger partial charge < -0.3 is 10.4 Å². The number of allylic oxidation sites excluding steroid dienone is 3. The van der Waals surface area contributed by atoms with Crippen LogP contribution < -0.4 is 5.32 Å². The summed E-state index contributed by atoms with van der Waals surface area (Å²) in [4.78, 5) is 32.7. The molecule has 1 rings (SSSR count). The highest BCUT2D eigenvalue weighted by Crippen LogP contribution is 2.09. The van der Waals surface area contributed by atoms with Crippen LogP contribution in [-0.4, -0.2) is 22.6 Å². The Kier molecular flexibility index (Phi) is 3.17. The fourth-order valence-corrected chi connectivity index (χ4v) is 0.931. The van der Waals surface area contributed by atoms with Gasteiger partial charge in [0.05, 0.1) is 0 Å². The highest BCUT2D eigenvalue weighted by molar-refractivity contribution is 6.10. The minimum atomic E-state index is -0.635. The molecule has 0 aromatic carbocycles. The highest BCUT2D eigenvalue weighted by Gasteiger charge is 2.18. The summed E-state index contributed by atoms with van der Waals surface area (Å²) in [6.07, 6.45) is 4.39. The smallest absolute Gasteiger partial charge is 0.248 e. The Morgan fingerprint density at radius 3 is 2.47 bits per heavy atom. The van der Waals surface area contributed by atoms with E-state index >= 15 is 0 Å². The Morgan fingerprint density at radius 2 is 2.00 bits per heavy atom. The largest absolute Gasteiger partial charge is 0.506 e. The van der Waals surface area contributed by atoms with Crippen LogP contribution in [0.1, 0.15) is 6.92 Å². The molecule has 0 aliphatic heterocycles. The van der Waals surface area contributed by atoms with Crippen LogP contribution in [0, 0.1) is 0 Å². The molecule has 1 aliphatic carbocycles. The lowest BCUT2D eigenvalue weighted by molar-refractivity contribution is -0.118. The summed E-state index contributed by atoms with van der Waals surface area (Å²) in [6, 6.07) is 0. The molecule has 0 bridgehead atoms. The van der Waals surface area contributed by atoms with Crippen molar-refractivity contribution in [2.24, 2.45) is 0 Å². The summed E-state index contributed by atoms with van der Waals surface area (Å²) in [6.45, 7) is 1.29. The van der Waals surface area contributed by atoms with Gasteiger partial charge in [0.15, 0.2) is 5.78 Å². The van der Waals surface area contributed by atoms with Crippen LogP contribution in [0.4, 0.5) is 0 Å². The first-order valence-electron chi connectivity index (χ1n) is 4.16. The van der Waals surface area contributed by atoms with Crippen molar-refractivity contribution < 1.29 is 19.5 Å². The molecule has 15 heavy (non-hydrogen) atoms. The molecule has 0 radical (unpaired) electrons. The molecule has 1 aliphatic rings. The average molecular weight is 207 g/mol. The van der Waals surface area contributed by atoms with E-state index in [2.05, 4.69) is 5.32 Å². The molecule has 78 valence electrons. The number of aliphatic hydroxyl groups is 1. The molecule has 1 amide bonds. The molecule has 0 spiro atoms. The molecular formula is C10H9NO4. The second-order valence-corrected chi connectivity index (χ2v) is 2.89. The molecule has 0 heterocycles. The summed E-state index contributed by atoms with van der Waals surface area (Å²) >= 11 is 0. The lowest BCUT2D eigenvalue weighted by Gasteiger charge is -2.01. The molecular weight excluding hydrogens is 198 g/mol. The van der Waals surface area contributed by atoms with Gasteiger partial charge >= 0.3 is 0 Å². The van der Waals surface area contributed by atoms with Crippen LogP contribution >= 0.6 is 0 Å². The third kappa shape index (κ3) is 2.91. The number of aliphatic hydroxyl groups excluding tert-OH is 1. The van der Waals surface area contributed by atoms with Gasteiger partial charge in [-0.05, 0) is 25.2 Å². The van der Waals surface area contributed by atoms with E-state index in [0.29, 0.717) is 0 Å². The maximum Gasteiger partial charge on any atom is 0.248 e. The van der Waals surface area contributed by atoms with E-state index in [9.17, 15) is 14.4 Å². The van der Waals surface area contributed by atoms with Gasteiger partial charge in [-0.25, -0.2) is 0 Å². The van der Waals surface area contributed by atoms with Crippen molar-refractivity contribution in [2.45, 2.75) is 6.92 Å². The van der Waals surface area contributed by atoms with Gasteiger partial charge in [0.2, 0.25) is 11.7 Å². The first-order chi connectivity index (χ1) is 7.00. The van der Waals surface area contributed by atoms with Gasteiger partial charge in [0.25, 0.3) is 0 Å². The number of hydrogen-bond acceptors (Lipinski definition) is 4. The SMILES string of the molecule is CC(=O)/C=C/C(=O)NC1=C(O)C=CC1=O. The molecule has 0 aromatic heterocycles. The van der Waals surface area contributed by atoms with Gasteiger partial charge in [-0.1, -0.05) is 0 Å². The van der Waals surface area contributed by atoms with E-state index in [1.807, 2.05) is 0 Å². The minimum Gasteiger partial charge on any atom is -0.506 e. The fraction of sp³-hybridized carbons (Fsp3) is 0.100. The molecule has 0 saturated carbocycles. The molecule has 0 aromatic rings. The van der Waals surface area contributed by atoms with Gasteiger partial charge in [-0.3, -0.25) is 14.4 Å². The summed E-state index contributed by atoms with van der Waals surface area (Å²) < 4.78 is 0. The molecule has 2 N–H and O–H groups in total. The fourth-order valence-electron chi connectivity index (χ4n) is 0.931.